The number of likely N-dealkylation sites (N-methyl/N-ethyl adjacent to an activating group) is 1. The van der Waals surface area contributed by atoms with Crippen LogP contribution in [0.1, 0.15) is 52.4 Å². The van der Waals surface area contributed by atoms with Gasteiger partial charge in [-0.3, -0.25) is 4.79 Å². The zero-order valence-corrected chi connectivity index (χ0v) is 11.2. The van der Waals surface area contributed by atoms with Gasteiger partial charge in [-0.25, -0.2) is 0 Å². The molecule has 17 heavy (non-hydrogen) atoms. The third kappa shape index (κ3) is 3.70. The molecule has 1 N–H and O–H groups in total. The van der Waals surface area contributed by atoms with E-state index in [0.29, 0.717) is 24.5 Å². The predicted octanol–water partition coefficient (Wildman–Crippen LogP) is 2.17. The van der Waals surface area contributed by atoms with Crippen molar-refractivity contribution in [2.24, 2.45) is 5.92 Å². The Morgan fingerprint density at radius 1 is 1.18 bits per heavy atom. The molecule has 0 bridgehead atoms. The van der Waals surface area contributed by atoms with Gasteiger partial charge in [-0.1, -0.05) is 6.92 Å². The van der Waals surface area contributed by atoms with Crippen molar-refractivity contribution < 1.29 is 4.79 Å². The van der Waals surface area contributed by atoms with Crippen molar-refractivity contribution in [1.82, 2.24) is 10.2 Å². The molecule has 3 heteroatoms. The number of rotatable bonds is 5. The van der Waals surface area contributed by atoms with E-state index in [1.54, 1.807) is 0 Å². The first-order chi connectivity index (χ1) is 8.20. The lowest BCUT2D eigenvalue weighted by Crippen LogP contribution is -2.43. The molecular weight excluding hydrogens is 212 g/mol. The quantitative estimate of drug-likeness (QED) is 0.796. The van der Waals surface area contributed by atoms with Crippen LogP contribution < -0.4 is 5.32 Å². The second kappa shape index (κ2) is 5.85. The molecule has 0 spiro atoms. The maximum Gasteiger partial charge on any atom is 0.236 e. The van der Waals surface area contributed by atoms with Gasteiger partial charge in [0.15, 0.2) is 0 Å². The Kier molecular flexibility index (Phi) is 4.43. The van der Waals surface area contributed by atoms with Gasteiger partial charge in [-0.2, -0.15) is 0 Å². The van der Waals surface area contributed by atoms with Crippen molar-refractivity contribution in [3.63, 3.8) is 0 Å². The van der Waals surface area contributed by atoms with Gasteiger partial charge >= 0.3 is 0 Å². The van der Waals surface area contributed by atoms with Gasteiger partial charge in [0.2, 0.25) is 5.91 Å². The van der Waals surface area contributed by atoms with Crippen LogP contribution in [0.3, 0.4) is 0 Å². The van der Waals surface area contributed by atoms with Crippen molar-refractivity contribution in [3.8, 4) is 0 Å². The molecule has 98 valence electrons. The van der Waals surface area contributed by atoms with Crippen LogP contribution in [0.2, 0.25) is 0 Å². The largest absolute Gasteiger partial charge is 0.339 e. The normalized spacial score (nSPS) is 29.1. The van der Waals surface area contributed by atoms with Gasteiger partial charge in [0.25, 0.3) is 0 Å². The van der Waals surface area contributed by atoms with Gasteiger partial charge < -0.3 is 10.2 Å². The van der Waals surface area contributed by atoms with E-state index in [4.69, 9.17) is 0 Å². The first-order valence-corrected chi connectivity index (χ1v) is 7.23. The predicted molar refractivity (Wildman–Crippen MR) is 69.8 cm³/mol. The second-order valence-corrected chi connectivity index (χ2v) is 5.75. The third-order valence-corrected chi connectivity index (χ3v) is 4.21. The Balaban J connectivity index is 1.68. The van der Waals surface area contributed by atoms with Gasteiger partial charge in [0, 0.05) is 18.6 Å². The van der Waals surface area contributed by atoms with Crippen LogP contribution in [-0.4, -0.2) is 36.0 Å². The number of amides is 1. The van der Waals surface area contributed by atoms with E-state index in [9.17, 15) is 4.79 Å². The lowest BCUT2D eigenvalue weighted by atomic mass is 9.87. The molecule has 2 aliphatic rings. The van der Waals surface area contributed by atoms with Gasteiger partial charge in [0.05, 0.1) is 6.54 Å². The topological polar surface area (TPSA) is 32.3 Å². The SMILES string of the molecule is CCN(C(=O)CNC1CCC(C)CC1)C1CC1. The fraction of sp³-hybridized carbons (Fsp3) is 0.929. The average molecular weight is 238 g/mol. The standard InChI is InChI=1S/C14H26N2O/c1-3-16(13-8-9-13)14(17)10-15-12-6-4-11(2)5-7-12/h11-13,15H,3-10H2,1-2H3. The van der Waals surface area contributed by atoms with Crippen molar-refractivity contribution in [3.05, 3.63) is 0 Å². The van der Waals surface area contributed by atoms with Crippen molar-refractivity contribution in [2.75, 3.05) is 13.1 Å². The monoisotopic (exact) mass is 238 g/mol. The summed E-state index contributed by atoms with van der Waals surface area (Å²) in [5.41, 5.74) is 0. The Labute approximate surface area is 105 Å². The van der Waals surface area contributed by atoms with Crippen LogP contribution >= 0.6 is 0 Å². The minimum absolute atomic E-state index is 0.300. The summed E-state index contributed by atoms with van der Waals surface area (Å²) < 4.78 is 0. The lowest BCUT2D eigenvalue weighted by molar-refractivity contribution is -0.130. The van der Waals surface area contributed by atoms with Gasteiger partial charge in [0.1, 0.15) is 0 Å². The molecule has 0 aromatic carbocycles. The maximum atomic E-state index is 12.0. The second-order valence-electron chi connectivity index (χ2n) is 5.75. The molecule has 0 unspecified atom stereocenters. The minimum atomic E-state index is 0.300. The summed E-state index contributed by atoms with van der Waals surface area (Å²) in [5.74, 6) is 1.18. The fourth-order valence-corrected chi connectivity index (χ4v) is 2.82. The Hall–Kier alpha value is -0.570. The molecule has 0 atom stereocenters. The van der Waals surface area contributed by atoms with Crippen LogP contribution in [0.4, 0.5) is 0 Å². The molecule has 2 fully saturated rings. The van der Waals surface area contributed by atoms with E-state index in [1.807, 2.05) is 4.90 Å². The van der Waals surface area contributed by atoms with Gasteiger partial charge in [-0.15, -0.1) is 0 Å². The maximum absolute atomic E-state index is 12.0. The summed E-state index contributed by atoms with van der Waals surface area (Å²) in [7, 11) is 0. The van der Waals surface area contributed by atoms with Crippen molar-refractivity contribution in [1.29, 1.82) is 0 Å². The molecule has 0 aromatic rings. The van der Waals surface area contributed by atoms with Crippen LogP contribution in [0, 0.1) is 5.92 Å². The molecule has 1 amide bonds. The third-order valence-electron chi connectivity index (χ3n) is 4.21. The molecule has 2 rings (SSSR count). The van der Waals surface area contributed by atoms with Crippen LogP contribution in [0.15, 0.2) is 0 Å². The summed E-state index contributed by atoms with van der Waals surface area (Å²) in [6.45, 7) is 5.82. The number of nitrogens with one attached hydrogen (secondary N) is 1. The van der Waals surface area contributed by atoms with Crippen molar-refractivity contribution >= 4 is 5.91 Å². The number of carbonyl (C=O) groups excluding carboxylic acids is 1. The Morgan fingerprint density at radius 2 is 1.82 bits per heavy atom. The van der Waals surface area contributed by atoms with E-state index in [0.717, 1.165) is 12.5 Å². The zero-order chi connectivity index (χ0) is 12.3. The molecule has 0 radical (unpaired) electrons. The first-order valence-electron chi connectivity index (χ1n) is 7.23. The minimum Gasteiger partial charge on any atom is -0.339 e. The van der Waals surface area contributed by atoms with Crippen LogP contribution in [0.25, 0.3) is 0 Å². The van der Waals surface area contributed by atoms with E-state index in [-0.39, 0.29) is 0 Å². The van der Waals surface area contributed by atoms with Crippen molar-refractivity contribution in [2.45, 2.75) is 64.5 Å². The highest BCUT2D eigenvalue weighted by molar-refractivity contribution is 5.78. The fourth-order valence-electron chi connectivity index (χ4n) is 2.82. The highest BCUT2D eigenvalue weighted by Crippen LogP contribution is 2.26. The van der Waals surface area contributed by atoms with Crippen LogP contribution in [-0.2, 0) is 4.79 Å². The molecule has 0 saturated heterocycles. The van der Waals surface area contributed by atoms with E-state index in [2.05, 4.69) is 19.2 Å². The smallest absolute Gasteiger partial charge is 0.236 e. The summed E-state index contributed by atoms with van der Waals surface area (Å²) in [6.07, 6.45) is 7.52. The zero-order valence-electron chi connectivity index (χ0n) is 11.2. The molecule has 0 aromatic heterocycles. The van der Waals surface area contributed by atoms with Gasteiger partial charge in [-0.05, 0) is 51.4 Å². The van der Waals surface area contributed by atoms with E-state index in [1.165, 1.54) is 38.5 Å². The number of nitrogens with zero attached hydrogens (tertiary/aromatic N) is 1. The summed E-state index contributed by atoms with van der Waals surface area (Å²) in [5, 5.41) is 3.45. The van der Waals surface area contributed by atoms with E-state index < -0.39 is 0 Å². The molecule has 0 aliphatic heterocycles. The Bertz CT molecular complexity index is 255. The molecule has 0 heterocycles. The van der Waals surface area contributed by atoms with E-state index >= 15 is 0 Å². The van der Waals surface area contributed by atoms with Crippen LogP contribution in [0.5, 0.6) is 0 Å². The first kappa shape index (κ1) is 12.9. The number of hydrogen-bond donors (Lipinski definition) is 1. The molecular formula is C14H26N2O. The number of hydrogen-bond acceptors (Lipinski definition) is 2. The summed E-state index contributed by atoms with van der Waals surface area (Å²) in [6, 6.07) is 1.13. The summed E-state index contributed by atoms with van der Waals surface area (Å²) in [4.78, 5) is 14.1. The lowest BCUT2D eigenvalue weighted by Gasteiger charge is -2.28. The summed E-state index contributed by atoms with van der Waals surface area (Å²) >= 11 is 0. The highest BCUT2D eigenvalue weighted by Gasteiger charge is 2.31. The molecule has 3 nitrogen and oxygen atoms in total. The molecule has 2 saturated carbocycles. The number of carbonyl (C=O) groups is 1. The Morgan fingerprint density at radius 3 is 2.35 bits per heavy atom. The molecule has 2 aliphatic carbocycles. The highest BCUT2D eigenvalue weighted by atomic mass is 16.2. The average Bonchev–Trinajstić information content (AvgIpc) is 3.14.